The van der Waals surface area contributed by atoms with Gasteiger partial charge in [0.15, 0.2) is 0 Å². The number of hydrogen-bond donors (Lipinski definition) is 1. The van der Waals surface area contributed by atoms with Crippen LogP contribution in [0.5, 0.6) is 0 Å². The van der Waals surface area contributed by atoms with Gasteiger partial charge in [-0.25, -0.2) is 0 Å². The normalized spacial score (nSPS) is 27.2. The Morgan fingerprint density at radius 3 is 2.55 bits per heavy atom. The maximum absolute atomic E-state index is 11.0. The minimum Gasteiger partial charge on any atom is -0.390 e. The summed E-state index contributed by atoms with van der Waals surface area (Å²) in [6.45, 7) is 3.58. The van der Waals surface area contributed by atoms with E-state index in [1.54, 1.807) is 13.8 Å². The van der Waals surface area contributed by atoms with Crippen molar-refractivity contribution in [1.82, 2.24) is 0 Å². The van der Waals surface area contributed by atoms with E-state index in [-0.39, 0.29) is 5.92 Å². The molecule has 1 unspecified atom stereocenters. The predicted octanol–water partition coefficient (Wildman–Crippen LogP) is 1.52. The van der Waals surface area contributed by atoms with Gasteiger partial charge in [-0.15, -0.1) is 0 Å². The van der Waals surface area contributed by atoms with Crippen molar-refractivity contribution >= 4 is 5.78 Å². The van der Waals surface area contributed by atoms with E-state index in [1.165, 1.54) is 0 Å². The van der Waals surface area contributed by atoms with E-state index in [1.807, 2.05) is 0 Å². The van der Waals surface area contributed by atoms with Crippen LogP contribution in [0.4, 0.5) is 0 Å². The van der Waals surface area contributed by atoms with Gasteiger partial charge in [0.05, 0.1) is 5.60 Å². The van der Waals surface area contributed by atoms with Crippen LogP contribution >= 0.6 is 0 Å². The molecule has 0 aromatic carbocycles. The van der Waals surface area contributed by atoms with E-state index in [4.69, 9.17) is 0 Å². The van der Waals surface area contributed by atoms with E-state index >= 15 is 0 Å². The molecule has 0 radical (unpaired) electrons. The highest BCUT2D eigenvalue weighted by Crippen LogP contribution is 2.30. The van der Waals surface area contributed by atoms with Gasteiger partial charge < -0.3 is 5.11 Å². The Morgan fingerprint density at radius 1 is 1.55 bits per heavy atom. The highest BCUT2D eigenvalue weighted by molar-refractivity contribution is 5.79. The zero-order valence-electron chi connectivity index (χ0n) is 7.26. The number of hydrogen-bond acceptors (Lipinski definition) is 2. The summed E-state index contributed by atoms with van der Waals surface area (Å²) in [4.78, 5) is 11.0. The standard InChI is InChI=1S/C9H16O2/c1-9(2,11)7-4-3-5-8(10)6-7/h7,11H,3-6H2,1-2H3. The third-order valence-corrected chi connectivity index (χ3v) is 2.48. The lowest BCUT2D eigenvalue weighted by molar-refractivity contribution is -0.124. The van der Waals surface area contributed by atoms with Gasteiger partial charge in [0.2, 0.25) is 0 Å². The average Bonchev–Trinajstić information content (AvgIpc) is 1.86. The Morgan fingerprint density at radius 2 is 2.18 bits per heavy atom. The number of Topliss-reactive ketones (excluding diaryl/α,β-unsaturated/α-hetero) is 1. The molecule has 0 amide bonds. The van der Waals surface area contributed by atoms with Crippen molar-refractivity contribution in [3.05, 3.63) is 0 Å². The molecule has 0 bridgehead atoms. The molecule has 11 heavy (non-hydrogen) atoms. The Labute approximate surface area is 67.6 Å². The Balaban J connectivity index is 2.53. The summed E-state index contributed by atoms with van der Waals surface area (Å²) >= 11 is 0. The molecule has 64 valence electrons. The number of rotatable bonds is 1. The van der Waals surface area contributed by atoms with Crippen molar-refractivity contribution in [2.75, 3.05) is 0 Å². The lowest BCUT2D eigenvalue weighted by atomic mass is 9.78. The Kier molecular flexibility index (Phi) is 2.33. The Hall–Kier alpha value is -0.370. The van der Waals surface area contributed by atoms with Crippen LogP contribution in [0, 0.1) is 5.92 Å². The van der Waals surface area contributed by atoms with Crippen LogP contribution in [0.2, 0.25) is 0 Å². The van der Waals surface area contributed by atoms with Crippen molar-refractivity contribution in [3.63, 3.8) is 0 Å². The summed E-state index contributed by atoms with van der Waals surface area (Å²) in [5, 5.41) is 9.61. The topological polar surface area (TPSA) is 37.3 Å². The second-order valence-electron chi connectivity index (χ2n) is 3.99. The first-order valence-corrected chi connectivity index (χ1v) is 4.24. The van der Waals surface area contributed by atoms with Gasteiger partial charge in [-0.1, -0.05) is 0 Å². The second-order valence-corrected chi connectivity index (χ2v) is 3.99. The summed E-state index contributed by atoms with van der Waals surface area (Å²) in [5.41, 5.74) is -0.671. The third kappa shape index (κ3) is 2.29. The first-order chi connectivity index (χ1) is 5.00. The highest BCUT2D eigenvalue weighted by Gasteiger charge is 2.30. The average molecular weight is 156 g/mol. The molecule has 2 nitrogen and oxygen atoms in total. The molecule has 1 rings (SSSR count). The summed E-state index contributed by atoms with van der Waals surface area (Å²) in [6.07, 6.45) is 3.23. The zero-order chi connectivity index (χ0) is 8.48. The minimum absolute atomic E-state index is 0.184. The molecule has 0 saturated heterocycles. The smallest absolute Gasteiger partial charge is 0.133 e. The number of aliphatic hydroxyl groups is 1. The molecule has 1 N–H and O–H groups in total. The van der Waals surface area contributed by atoms with Gasteiger partial charge in [0, 0.05) is 12.8 Å². The third-order valence-electron chi connectivity index (χ3n) is 2.48. The van der Waals surface area contributed by atoms with Gasteiger partial charge in [0.25, 0.3) is 0 Å². The van der Waals surface area contributed by atoms with Crippen molar-refractivity contribution in [2.24, 2.45) is 5.92 Å². The van der Waals surface area contributed by atoms with E-state index in [0.29, 0.717) is 18.6 Å². The van der Waals surface area contributed by atoms with Crippen molar-refractivity contribution in [3.8, 4) is 0 Å². The SMILES string of the molecule is CC(C)(O)C1CCCC(=O)C1. The Bertz CT molecular complexity index is 155. The fourth-order valence-electron chi connectivity index (χ4n) is 1.63. The largest absolute Gasteiger partial charge is 0.390 e. The summed E-state index contributed by atoms with van der Waals surface area (Å²) < 4.78 is 0. The van der Waals surface area contributed by atoms with E-state index in [2.05, 4.69) is 0 Å². The molecule has 1 atom stereocenters. The van der Waals surface area contributed by atoms with E-state index < -0.39 is 5.60 Å². The lowest BCUT2D eigenvalue weighted by Crippen LogP contribution is -2.34. The summed E-state index contributed by atoms with van der Waals surface area (Å²) in [5.74, 6) is 0.493. The maximum atomic E-state index is 11.0. The van der Waals surface area contributed by atoms with Gasteiger partial charge >= 0.3 is 0 Å². The second kappa shape index (κ2) is 2.94. The number of ketones is 1. The van der Waals surface area contributed by atoms with Crippen molar-refractivity contribution in [1.29, 1.82) is 0 Å². The first-order valence-electron chi connectivity index (χ1n) is 4.24. The van der Waals surface area contributed by atoms with Gasteiger partial charge in [-0.05, 0) is 32.6 Å². The molecule has 0 spiro atoms. The highest BCUT2D eigenvalue weighted by atomic mass is 16.3. The molecule has 1 aliphatic rings. The zero-order valence-corrected chi connectivity index (χ0v) is 7.26. The number of carbonyl (C=O) groups excluding carboxylic acids is 1. The van der Waals surface area contributed by atoms with E-state index in [9.17, 15) is 9.90 Å². The quantitative estimate of drug-likeness (QED) is 0.625. The number of carbonyl (C=O) groups is 1. The van der Waals surface area contributed by atoms with Crippen LogP contribution in [0.3, 0.4) is 0 Å². The van der Waals surface area contributed by atoms with Crippen LogP contribution in [0.25, 0.3) is 0 Å². The molecule has 1 fully saturated rings. The van der Waals surface area contributed by atoms with Crippen LogP contribution in [-0.4, -0.2) is 16.5 Å². The predicted molar refractivity (Wildman–Crippen MR) is 43.3 cm³/mol. The molecule has 0 heterocycles. The fourth-order valence-corrected chi connectivity index (χ4v) is 1.63. The van der Waals surface area contributed by atoms with Gasteiger partial charge in [0.1, 0.15) is 5.78 Å². The molecule has 0 aliphatic heterocycles. The molecular formula is C9H16O2. The van der Waals surface area contributed by atoms with Gasteiger partial charge in [-0.2, -0.15) is 0 Å². The van der Waals surface area contributed by atoms with Gasteiger partial charge in [-0.3, -0.25) is 4.79 Å². The molecule has 0 aromatic rings. The van der Waals surface area contributed by atoms with Crippen LogP contribution in [0.15, 0.2) is 0 Å². The maximum Gasteiger partial charge on any atom is 0.133 e. The van der Waals surface area contributed by atoms with Crippen molar-refractivity contribution in [2.45, 2.75) is 45.1 Å². The molecule has 1 saturated carbocycles. The van der Waals surface area contributed by atoms with Crippen LogP contribution in [0.1, 0.15) is 39.5 Å². The fraction of sp³-hybridized carbons (Fsp3) is 0.889. The monoisotopic (exact) mass is 156 g/mol. The summed E-state index contributed by atoms with van der Waals surface area (Å²) in [6, 6.07) is 0. The van der Waals surface area contributed by atoms with Crippen molar-refractivity contribution < 1.29 is 9.90 Å². The molecule has 1 aliphatic carbocycles. The summed E-state index contributed by atoms with van der Waals surface area (Å²) in [7, 11) is 0. The molecule has 2 heteroatoms. The van der Waals surface area contributed by atoms with E-state index in [0.717, 1.165) is 12.8 Å². The lowest BCUT2D eigenvalue weighted by Gasteiger charge is -2.31. The first kappa shape index (κ1) is 8.72. The van der Waals surface area contributed by atoms with Crippen LogP contribution < -0.4 is 0 Å². The molecular weight excluding hydrogens is 140 g/mol. The van der Waals surface area contributed by atoms with Crippen LogP contribution in [-0.2, 0) is 4.79 Å². The minimum atomic E-state index is -0.671. The molecule has 0 aromatic heterocycles.